The van der Waals surface area contributed by atoms with E-state index in [-0.39, 0.29) is 12.6 Å². The van der Waals surface area contributed by atoms with Crippen molar-refractivity contribution in [3.8, 4) is 0 Å². The van der Waals surface area contributed by atoms with E-state index in [1.165, 1.54) is 4.90 Å². The molecule has 0 spiro atoms. The van der Waals surface area contributed by atoms with Crippen LogP contribution in [-0.2, 0) is 11.3 Å². The summed E-state index contributed by atoms with van der Waals surface area (Å²) in [6.45, 7) is 5.26. The van der Waals surface area contributed by atoms with Gasteiger partial charge in [-0.3, -0.25) is 9.69 Å². The van der Waals surface area contributed by atoms with Gasteiger partial charge in [0.15, 0.2) is 0 Å². The van der Waals surface area contributed by atoms with Gasteiger partial charge >= 0.3 is 12.0 Å². The normalized spacial score (nSPS) is 16.9. The third kappa shape index (κ3) is 6.18. The number of piperidine rings is 1. The zero-order valence-electron chi connectivity index (χ0n) is 15.4. The van der Waals surface area contributed by atoms with Gasteiger partial charge in [-0.15, -0.1) is 0 Å². The number of hydrogen-bond donors (Lipinski definition) is 2. The molecule has 2 rings (SSSR count). The highest BCUT2D eigenvalue weighted by molar-refractivity contribution is 6.31. The lowest BCUT2D eigenvalue weighted by Crippen LogP contribution is -2.44. The highest BCUT2D eigenvalue weighted by Gasteiger charge is 2.22. The van der Waals surface area contributed by atoms with Crippen molar-refractivity contribution in [3.63, 3.8) is 0 Å². The number of carboxylic acid groups (broad SMARTS) is 1. The van der Waals surface area contributed by atoms with Gasteiger partial charge in [0.2, 0.25) is 0 Å². The molecule has 0 saturated carbocycles. The Bertz CT molecular complexity index is 618. The maximum absolute atomic E-state index is 12.1. The van der Waals surface area contributed by atoms with Crippen LogP contribution in [0.3, 0.4) is 0 Å². The Kier molecular flexibility index (Phi) is 7.72. The minimum absolute atomic E-state index is 0.206. The topological polar surface area (TPSA) is 72.9 Å². The largest absolute Gasteiger partial charge is 0.481 e. The first kappa shape index (κ1) is 20.5. The Morgan fingerprint density at radius 3 is 2.62 bits per heavy atom. The quantitative estimate of drug-likeness (QED) is 0.761. The second-order valence-electron chi connectivity index (χ2n) is 7.12. The molecule has 0 aromatic heterocycles. The second kappa shape index (κ2) is 9.78. The van der Waals surface area contributed by atoms with E-state index < -0.39 is 11.9 Å². The van der Waals surface area contributed by atoms with Gasteiger partial charge in [0.05, 0.1) is 5.92 Å². The molecule has 0 bridgehead atoms. The first-order valence-electron chi connectivity index (χ1n) is 9.04. The van der Waals surface area contributed by atoms with Crippen LogP contribution in [0.2, 0.25) is 5.02 Å². The Labute approximate surface area is 160 Å². The summed E-state index contributed by atoms with van der Waals surface area (Å²) < 4.78 is 0. The number of halogens is 1. The van der Waals surface area contributed by atoms with Gasteiger partial charge in [0, 0.05) is 31.7 Å². The zero-order chi connectivity index (χ0) is 19.1. The molecule has 2 N–H and O–H groups in total. The first-order chi connectivity index (χ1) is 12.4. The van der Waals surface area contributed by atoms with Crippen LogP contribution in [0.5, 0.6) is 0 Å². The van der Waals surface area contributed by atoms with E-state index in [0.29, 0.717) is 12.5 Å². The molecule has 144 valence electrons. The summed E-state index contributed by atoms with van der Waals surface area (Å²) in [5.41, 5.74) is 1.15. The standard InChI is InChI=1S/C19H28ClN3O3/c1-14(18(24)25)12-22(2)19(26)21-11-15-7-9-23(10-8-15)13-16-5-3-4-6-17(16)20/h3-6,14-15H,7-13H2,1-2H3,(H,21,26)(H,24,25). The third-order valence-electron chi connectivity index (χ3n) is 4.92. The van der Waals surface area contributed by atoms with Crippen LogP contribution in [0.1, 0.15) is 25.3 Å². The molecule has 7 heteroatoms. The number of carbonyl (C=O) groups is 2. The van der Waals surface area contributed by atoms with Crippen molar-refractivity contribution < 1.29 is 14.7 Å². The van der Waals surface area contributed by atoms with Gasteiger partial charge in [0.25, 0.3) is 0 Å². The number of benzene rings is 1. The van der Waals surface area contributed by atoms with Crippen LogP contribution < -0.4 is 5.32 Å². The smallest absolute Gasteiger partial charge is 0.317 e. The first-order valence-corrected chi connectivity index (χ1v) is 9.42. The van der Waals surface area contributed by atoms with Crippen molar-refractivity contribution in [3.05, 3.63) is 34.9 Å². The molecule has 2 amide bonds. The molecule has 1 aliphatic rings. The van der Waals surface area contributed by atoms with Crippen molar-refractivity contribution in [2.75, 3.05) is 33.2 Å². The number of aliphatic carboxylic acids is 1. The van der Waals surface area contributed by atoms with Crippen molar-refractivity contribution in [2.45, 2.75) is 26.3 Å². The number of urea groups is 1. The average Bonchev–Trinajstić information content (AvgIpc) is 2.62. The number of hydrogen-bond acceptors (Lipinski definition) is 3. The summed E-state index contributed by atoms with van der Waals surface area (Å²) in [5, 5.41) is 12.7. The predicted molar refractivity (Wildman–Crippen MR) is 102 cm³/mol. The number of nitrogens with zero attached hydrogens (tertiary/aromatic N) is 2. The Balaban J connectivity index is 1.69. The van der Waals surface area contributed by atoms with Crippen molar-refractivity contribution >= 4 is 23.6 Å². The number of carbonyl (C=O) groups excluding carboxylic acids is 1. The Morgan fingerprint density at radius 2 is 2.00 bits per heavy atom. The number of nitrogens with one attached hydrogen (secondary N) is 1. The summed E-state index contributed by atoms with van der Waals surface area (Å²) in [4.78, 5) is 26.8. The van der Waals surface area contributed by atoms with Crippen LogP contribution in [0.4, 0.5) is 4.79 Å². The van der Waals surface area contributed by atoms with Crippen LogP contribution in [0, 0.1) is 11.8 Å². The third-order valence-corrected chi connectivity index (χ3v) is 5.29. The molecule has 1 atom stereocenters. The van der Waals surface area contributed by atoms with Gasteiger partial charge in [-0.1, -0.05) is 36.7 Å². The molecule has 1 aliphatic heterocycles. The Hall–Kier alpha value is -1.79. The molecule has 1 unspecified atom stereocenters. The van der Waals surface area contributed by atoms with Crippen molar-refractivity contribution in [1.82, 2.24) is 15.1 Å². The van der Waals surface area contributed by atoms with Gasteiger partial charge in [-0.05, 0) is 43.5 Å². The van der Waals surface area contributed by atoms with Crippen LogP contribution in [-0.4, -0.2) is 60.1 Å². The maximum atomic E-state index is 12.1. The fraction of sp³-hybridized carbons (Fsp3) is 0.579. The molecule has 1 aromatic carbocycles. The summed E-state index contributed by atoms with van der Waals surface area (Å²) in [7, 11) is 1.63. The molecule has 0 aliphatic carbocycles. The molecular formula is C19H28ClN3O3. The molecule has 1 saturated heterocycles. The fourth-order valence-corrected chi connectivity index (χ4v) is 3.35. The molecule has 1 fully saturated rings. The van der Waals surface area contributed by atoms with Crippen LogP contribution in [0.25, 0.3) is 0 Å². The molecular weight excluding hydrogens is 354 g/mol. The molecule has 6 nitrogen and oxygen atoms in total. The number of carboxylic acids is 1. The van der Waals surface area contributed by atoms with Gasteiger partial charge in [-0.25, -0.2) is 4.79 Å². The van der Waals surface area contributed by atoms with E-state index in [4.69, 9.17) is 16.7 Å². The summed E-state index contributed by atoms with van der Waals surface area (Å²) >= 11 is 6.23. The highest BCUT2D eigenvalue weighted by atomic mass is 35.5. The number of rotatable bonds is 7. The summed E-state index contributed by atoms with van der Waals surface area (Å²) in [6.07, 6.45) is 2.06. The van der Waals surface area contributed by atoms with Gasteiger partial charge in [-0.2, -0.15) is 0 Å². The fourth-order valence-electron chi connectivity index (χ4n) is 3.15. The van der Waals surface area contributed by atoms with Crippen LogP contribution in [0.15, 0.2) is 24.3 Å². The van der Waals surface area contributed by atoms with Crippen molar-refractivity contribution in [1.29, 1.82) is 0 Å². The molecule has 0 radical (unpaired) electrons. The van der Waals surface area contributed by atoms with E-state index in [1.807, 2.05) is 18.2 Å². The van der Waals surface area contributed by atoms with Crippen molar-refractivity contribution in [2.24, 2.45) is 11.8 Å². The molecule has 26 heavy (non-hydrogen) atoms. The van der Waals surface area contributed by atoms with E-state index >= 15 is 0 Å². The van der Waals surface area contributed by atoms with E-state index in [1.54, 1.807) is 14.0 Å². The summed E-state index contributed by atoms with van der Waals surface area (Å²) in [6, 6.07) is 7.71. The zero-order valence-corrected chi connectivity index (χ0v) is 16.2. The number of amides is 2. The SMILES string of the molecule is CC(CN(C)C(=O)NCC1CCN(Cc2ccccc2Cl)CC1)C(=O)O. The monoisotopic (exact) mass is 381 g/mol. The minimum atomic E-state index is -0.893. The average molecular weight is 382 g/mol. The van der Waals surface area contributed by atoms with Gasteiger partial charge in [0.1, 0.15) is 0 Å². The molecule has 1 heterocycles. The highest BCUT2D eigenvalue weighted by Crippen LogP contribution is 2.22. The second-order valence-corrected chi connectivity index (χ2v) is 7.52. The Morgan fingerprint density at radius 1 is 1.35 bits per heavy atom. The summed E-state index contributed by atoms with van der Waals surface area (Å²) in [5.74, 6) is -1.01. The lowest BCUT2D eigenvalue weighted by Gasteiger charge is -2.32. The van der Waals surface area contributed by atoms with E-state index in [0.717, 1.165) is 43.1 Å². The maximum Gasteiger partial charge on any atom is 0.317 e. The lowest BCUT2D eigenvalue weighted by atomic mass is 9.96. The van der Waals surface area contributed by atoms with Crippen LogP contribution >= 0.6 is 11.6 Å². The number of likely N-dealkylation sites (tertiary alicyclic amines) is 1. The van der Waals surface area contributed by atoms with E-state index in [2.05, 4.69) is 16.3 Å². The minimum Gasteiger partial charge on any atom is -0.481 e. The van der Waals surface area contributed by atoms with E-state index in [9.17, 15) is 9.59 Å². The predicted octanol–water partition coefficient (Wildman–Crippen LogP) is 2.91. The molecule has 1 aromatic rings. The lowest BCUT2D eigenvalue weighted by molar-refractivity contribution is -0.141. The van der Waals surface area contributed by atoms with Gasteiger partial charge < -0.3 is 15.3 Å².